The lowest BCUT2D eigenvalue weighted by atomic mass is 9.42. The van der Waals surface area contributed by atoms with Crippen LogP contribution in [0.2, 0.25) is 0 Å². The molecule has 0 saturated heterocycles. The number of fused-ring (bicyclic) bond motifs is 2. The SMILES string of the molecule is CCOC(=O)C1=C(c2cc3c(n2C)CCCC3)C2(C#N)C(=O)C(Cl)=C(Cl)C(=O)C12C#N. The second-order valence-corrected chi connectivity index (χ2v) is 8.50. The third kappa shape index (κ3) is 2.31. The van der Waals surface area contributed by atoms with Crippen LogP contribution in [0.5, 0.6) is 0 Å². The van der Waals surface area contributed by atoms with Gasteiger partial charge in [0.1, 0.15) is 10.1 Å². The van der Waals surface area contributed by atoms with Gasteiger partial charge in [0.2, 0.25) is 11.6 Å². The van der Waals surface area contributed by atoms with Crippen molar-refractivity contribution in [1.82, 2.24) is 4.57 Å². The number of aryl methyl sites for hydroxylation is 1. The minimum atomic E-state index is -2.42. The Bertz CT molecular complexity index is 1230. The van der Waals surface area contributed by atoms with E-state index in [-0.39, 0.29) is 17.8 Å². The molecule has 9 heteroatoms. The number of carbonyl (C=O) groups excluding carboxylic acids is 3. The molecule has 1 aromatic heterocycles. The van der Waals surface area contributed by atoms with Gasteiger partial charge in [0.05, 0.1) is 24.3 Å². The summed E-state index contributed by atoms with van der Waals surface area (Å²) in [6.45, 7) is 1.55. The fraction of sp³-hybridized carbons (Fsp3) is 0.409. The van der Waals surface area contributed by atoms with Crippen LogP contribution in [0.4, 0.5) is 0 Å². The van der Waals surface area contributed by atoms with Gasteiger partial charge in [-0.1, -0.05) is 23.2 Å². The summed E-state index contributed by atoms with van der Waals surface area (Å²) in [4.78, 5) is 39.5. The van der Waals surface area contributed by atoms with E-state index in [1.807, 2.05) is 16.7 Å². The van der Waals surface area contributed by atoms with Gasteiger partial charge in [-0.05, 0) is 44.2 Å². The van der Waals surface area contributed by atoms with E-state index in [4.69, 9.17) is 27.9 Å². The van der Waals surface area contributed by atoms with E-state index >= 15 is 0 Å². The van der Waals surface area contributed by atoms with Crippen molar-refractivity contribution in [2.45, 2.75) is 32.6 Å². The molecule has 0 saturated carbocycles. The van der Waals surface area contributed by atoms with Gasteiger partial charge in [0.25, 0.3) is 0 Å². The highest BCUT2D eigenvalue weighted by Crippen LogP contribution is 2.69. The van der Waals surface area contributed by atoms with Crippen molar-refractivity contribution in [3.8, 4) is 12.1 Å². The Balaban J connectivity index is 2.12. The van der Waals surface area contributed by atoms with Crippen LogP contribution in [0.15, 0.2) is 21.7 Å². The van der Waals surface area contributed by atoms with Crippen LogP contribution in [0.3, 0.4) is 0 Å². The maximum absolute atomic E-state index is 13.3. The molecule has 7 nitrogen and oxygen atoms in total. The van der Waals surface area contributed by atoms with Crippen LogP contribution in [-0.2, 0) is 39.0 Å². The van der Waals surface area contributed by atoms with Crippen molar-refractivity contribution in [2.75, 3.05) is 6.61 Å². The summed E-state index contributed by atoms with van der Waals surface area (Å²) < 4.78 is 6.94. The third-order valence-electron chi connectivity index (χ3n) is 6.46. The lowest BCUT2D eigenvalue weighted by Gasteiger charge is -2.52. The summed E-state index contributed by atoms with van der Waals surface area (Å²) in [5, 5.41) is 19.0. The number of hydrogen-bond acceptors (Lipinski definition) is 6. The van der Waals surface area contributed by atoms with Gasteiger partial charge in [0, 0.05) is 24.0 Å². The quantitative estimate of drug-likeness (QED) is 0.644. The molecule has 1 aromatic rings. The number of ketones is 2. The summed E-state index contributed by atoms with van der Waals surface area (Å²) in [6, 6.07) is 5.46. The zero-order valence-corrected chi connectivity index (χ0v) is 18.4. The summed E-state index contributed by atoms with van der Waals surface area (Å²) in [5.41, 5.74) is -2.55. The van der Waals surface area contributed by atoms with Gasteiger partial charge in [0.15, 0.2) is 10.8 Å². The molecule has 3 aliphatic rings. The Hall–Kier alpha value is -2.87. The topological polar surface area (TPSA) is 113 Å². The highest BCUT2D eigenvalue weighted by Gasteiger charge is 2.79. The molecule has 0 bridgehead atoms. The predicted molar refractivity (Wildman–Crippen MR) is 110 cm³/mol. The number of nitriles is 2. The van der Waals surface area contributed by atoms with Gasteiger partial charge in [-0.3, -0.25) is 9.59 Å². The predicted octanol–water partition coefficient (Wildman–Crippen LogP) is 3.10. The number of esters is 1. The molecule has 31 heavy (non-hydrogen) atoms. The largest absolute Gasteiger partial charge is 0.463 e. The van der Waals surface area contributed by atoms with Crippen LogP contribution in [-0.4, -0.2) is 28.7 Å². The average molecular weight is 458 g/mol. The number of hydrogen-bond donors (Lipinski definition) is 0. The molecule has 0 N–H and O–H groups in total. The smallest absolute Gasteiger partial charge is 0.336 e. The Kier molecular flexibility index (Phi) is 4.88. The van der Waals surface area contributed by atoms with Crippen LogP contribution in [0, 0.1) is 33.5 Å². The first kappa shape index (κ1) is 21.4. The standard InChI is InChI=1S/C22H17Cl2N3O4/c1-3-31-20(30)15-14(13-8-11-6-4-5-7-12(11)27(13)2)21(9-25)18(28)16(23)17(24)19(29)22(15,21)10-26/h8H,3-7H2,1-2H3. The van der Waals surface area contributed by atoms with Crippen molar-refractivity contribution < 1.29 is 19.1 Å². The molecule has 0 amide bonds. The first-order valence-electron chi connectivity index (χ1n) is 9.82. The van der Waals surface area contributed by atoms with E-state index in [1.165, 1.54) is 0 Å². The fourth-order valence-corrected chi connectivity index (χ4v) is 5.50. The van der Waals surface area contributed by atoms with Gasteiger partial charge in [-0.15, -0.1) is 0 Å². The van der Waals surface area contributed by atoms with Gasteiger partial charge >= 0.3 is 5.97 Å². The van der Waals surface area contributed by atoms with E-state index in [1.54, 1.807) is 20.0 Å². The Morgan fingerprint density at radius 1 is 1.13 bits per heavy atom. The van der Waals surface area contributed by atoms with Crippen LogP contribution < -0.4 is 0 Å². The first-order chi connectivity index (χ1) is 14.7. The summed E-state index contributed by atoms with van der Waals surface area (Å²) in [7, 11) is 1.77. The molecule has 4 rings (SSSR count). The monoisotopic (exact) mass is 457 g/mol. The number of Topliss-reactive ketones (excluding diaryl/α,β-unsaturated/α-hetero) is 2. The zero-order valence-electron chi connectivity index (χ0n) is 16.8. The molecule has 0 radical (unpaired) electrons. The molecule has 0 aliphatic heterocycles. The molecule has 1 heterocycles. The molecular weight excluding hydrogens is 441 g/mol. The molecule has 0 spiro atoms. The number of ether oxygens (including phenoxy) is 1. The highest BCUT2D eigenvalue weighted by atomic mass is 35.5. The first-order valence-corrected chi connectivity index (χ1v) is 10.6. The molecule has 158 valence electrons. The molecular formula is C22H17Cl2N3O4. The Morgan fingerprint density at radius 2 is 1.71 bits per heavy atom. The lowest BCUT2D eigenvalue weighted by molar-refractivity contribution is -0.145. The summed E-state index contributed by atoms with van der Waals surface area (Å²) in [6.07, 6.45) is 3.60. The normalized spacial score (nSPS) is 27.2. The van der Waals surface area contributed by atoms with Crippen molar-refractivity contribution in [1.29, 1.82) is 10.5 Å². The molecule has 2 atom stereocenters. The number of carbonyl (C=O) groups is 3. The van der Waals surface area contributed by atoms with Crippen molar-refractivity contribution >= 4 is 46.3 Å². The fourth-order valence-electron chi connectivity index (χ4n) is 5.04. The van der Waals surface area contributed by atoms with Crippen molar-refractivity contribution in [2.24, 2.45) is 17.9 Å². The number of rotatable bonds is 3. The highest BCUT2D eigenvalue weighted by molar-refractivity contribution is 6.59. The molecule has 0 aromatic carbocycles. The third-order valence-corrected chi connectivity index (χ3v) is 7.28. The van der Waals surface area contributed by atoms with Crippen LogP contribution >= 0.6 is 23.2 Å². The average Bonchev–Trinajstić information content (AvgIpc) is 3.08. The Morgan fingerprint density at radius 3 is 2.26 bits per heavy atom. The van der Waals surface area contributed by atoms with E-state index in [0.717, 1.165) is 36.9 Å². The zero-order chi connectivity index (χ0) is 22.7. The second-order valence-electron chi connectivity index (χ2n) is 7.75. The van der Waals surface area contributed by atoms with E-state index in [9.17, 15) is 24.9 Å². The molecule has 2 unspecified atom stereocenters. The molecule has 0 fully saturated rings. The summed E-state index contributed by atoms with van der Waals surface area (Å²) >= 11 is 12.0. The lowest BCUT2D eigenvalue weighted by Crippen LogP contribution is -2.64. The number of halogens is 2. The second kappa shape index (κ2) is 7.09. The van der Waals surface area contributed by atoms with Crippen molar-refractivity contribution in [3.05, 3.63) is 38.7 Å². The van der Waals surface area contributed by atoms with E-state index in [2.05, 4.69) is 0 Å². The van der Waals surface area contributed by atoms with Crippen molar-refractivity contribution in [3.63, 3.8) is 0 Å². The maximum atomic E-state index is 13.3. The molecule has 3 aliphatic carbocycles. The summed E-state index contributed by atoms with van der Waals surface area (Å²) in [5.74, 6) is -2.95. The van der Waals surface area contributed by atoms with Gasteiger partial charge in [-0.2, -0.15) is 10.5 Å². The minimum absolute atomic E-state index is 0.00688. The number of nitrogens with zero attached hydrogens (tertiary/aromatic N) is 3. The number of allylic oxidation sites excluding steroid dienone is 3. The van der Waals surface area contributed by atoms with Crippen LogP contribution in [0.25, 0.3) is 5.57 Å². The minimum Gasteiger partial charge on any atom is -0.463 e. The maximum Gasteiger partial charge on any atom is 0.336 e. The Labute approximate surface area is 188 Å². The van der Waals surface area contributed by atoms with Gasteiger partial charge in [-0.25, -0.2) is 4.79 Å². The van der Waals surface area contributed by atoms with Crippen LogP contribution in [0.1, 0.15) is 36.7 Å². The number of aromatic nitrogens is 1. The van der Waals surface area contributed by atoms with E-state index < -0.39 is 38.4 Å². The van der Waals surface area contributed by atoms with Gasteiger partial charge < -0.3 is 9.30 Å². The van der Waals surface area contributed by atoms with E-state index in [0.29, 0.717) is 5.69 Å².